The maximum atomic E-state index is 6.54. The third-order valence-electron chi connectivity index (χ3n) is 11.1. The van der Waals surface area contributed by atoms with Crippen LogP contribution < -0.4 is 0 Å². The van der Waals surface area contributed by atoms with Crippen molar-refractivity contribution in [3.05, 3.63) is 182 Å². The molecule has 0 unspecified atom stereocenters. The molecule has 0 bridgehead atoms. The van der Waals surface area contributed by atoms with E-state index in [1.54, 1.807) is 0 Å². The molecular weight excluding hydrogens is 717 g/mol. The lowest BCUT2D eigenvalue weighted by Gasteiger charge is -2.08. The topological polar surface area (TPSA) is 56.7 Å². The molecular formula is C51H30N4OS. The van der Waals surface area contributed by atoms with Gasteiger partial charge in [0.05, 0.1) is 11.0 Å². The van der Waals surface area contributed by atoms with Crippen LogP contribution in [0.5, 0.6) is 0 Å². The van der Waals surface area contributed by atoms with Crippen molar-refractivity contribution in [1.82, 2.24) is 19.5 Å². The number of rotatable bonds is 5. The van der Waals surface area contributed by atoms with E-state index in [-0.39, 0.29) is 0 Å². The molecule has 12 rings (SSSR count). The van der Waals surface area contributed by atoms with Crippen molar-refractivity contribution in [2.45, 2.75) is 0 Å². The summed E-state index contributed by atoms with van der Waals surface area (Å²) >= 11 is 1.82. The summed E-state index contributed by atoms with van der Waals surface area (Å²) in [7, 11) is 0. The number of para-hydroxylation sites is 2. The zero-order valence-corrected chi connectivity index (χ0v) is 31.2. The van der Waals surface area contributed by atoms with E-state index in [1.165, 1.54) is 47.5 Å². The van der Waals surface area contributed by atoms with Crippen LogP contribution in [0.2, 0.25) is 0 Å². The maximum Gasteiger partial charge on any atom is 0.164 e. The molecule has 12 aromatic rings. The molecule has 0 spiro atoms. The number of fused-ring (bicyclic) bond motifs is 9. The number of nitrogens with zero attached hydrogens (tertiary/aromatic N) is 4. The van der Waals surface area contributed by atoms with Crippen molar-refractivity contribution in [3.63, 3.8) is 0 Å². The lowest BCUT2D eigenvalue weighted by molar-refractivity contribution is 0.668. The van der Waals surface area contributed by atoms with E-state index in [0.717, 1.165) is 49.9 Å². The SMILES string of the molecule is c1ccc(-c2nc(-c3ccccc3)nc(-c3ccc4sc5c(-c6ccc7oc8cc(-n9c%10ccccc%10c%10ccccc%109)ccc8c7c6)cccc5c4c3)n2)cc1. The van der Waals surface area contributed by atoms with E-state index < -0.39 is 0 Å². The fourth-order valence-corrected chi connectivity index (χ4v) is 9.59. The number of hydrogen-bond donors (Lipinski definition) is 0. The molecule has 0 aliphatic rings. The fourth-order valence-electron chi connectivity index (χ4n) is 8.38. The van der Waals surface area contributed by atoms with E-state index in [4.69, 9.17) is 19.4 Å². The Kier molecular flexibility index (Phi) is 7.03. The first-order valence-corrected chi connectivity index (χ1v) is 19.8. The minimum absolute atomic E-state index is 0.652. The molecule has 5 nitrogen and oxygen atoms in total. The van der Waals surface area contributed by atoms with E-state index in [9.17, 15) is 0 Å². The Morgan fingerprint density at radius 3 is 1.68 bits per heavy atom. The lowest BCUT2D eigenvalue weighted by atomic mass is 10.00. The van der Waals surface area contributed by atoms with Crippen molar-refractivity contribution in [2.24, 2.45) is 0 Å². The van der Waals surface area contributed by atoms with Gasteiger partial charge in [0.25, 0.3) is 0 Å². The van der Waals surface area contributed by atoms with Crippen LogP contribution >= 0.6 is 11.3 Å². The second kappa shape index (κ2) is 12.6. The molecule has 8 aromatic carbocycles. The van der Waals surface area contributed by atoms with E-state index in [2.05, 4.69) is 126 Å². The van der Waals surface area contributed by atoms with Gasteiger partial charge in [0.1, 0.15) is 11.2 Å². The lowest BCUT2D eigenvalue weighted by Crippen LogP contribution is -2.00. The Morgan fingerprint density at radius 1 is 0.386 bits per heavy atom. The van der Waals surface area contributed by atoms with Gasteiger partial charge in [0, 0.05) is 70.2 Å². The number of hydrogen-bond acceptors (Lipinski definition) is 5. The van der Waals surface area contributed by atoms with Crippen molar-refractivity contribution >= 4 is 75.3 Å². The van der Waals surface area contributed by atoms with Crippen LogP contribution in [-0.4, -0.2) is 19.5 Å². The average Bonchev–Trinajstić information content (AvgIpc) is 3.95. The maximum absolute atomic E-state index is 6.54. The van der Waals surface area contributed by atoms with E-state index in [1.807, 2.05) is 72.0 Å². The van der Waals surface area contributed by atoms with Gasteiger partial charge >= 0.3 is 0 Å². The molecule has 0 aliphatic heterocycles. The number of thiophene rings is 1. The molecule has 6 heteroatoms. The van der Waals surface area contributed by atoms with Crippen molar-refractivity contribution in [2.75, 3.05) is 0 Å². The highest BCUT2D eigenvalue weighted by molar-refractivity contribution is 7.26. The van der Waals surface area contributed by atoms with Crippen LogP contribution in [0.4, 0.5) is 0 Å². The molecule has 4 aromatic heterocycles. The van der Waals surface area contributed by atoms with Crippen molar-refractivity contribution < 1.29 is 4.42 Å². The predicted octanol–water partition coefficient (Wildman–Crippen LogP) is 13.9. The van der Waals surface area contributed by atoms with Gasteiger partial charge in [-0.3, -0.25) is 0 Å². The van der Waals surface area contributed by atoms with Gasteiger partial charge in [0.2, 0.25) is 0 Å². The Hall–Kier alpha value is -7.41. The predicted molar refractivity (Wildman–Crippen MR) is 236 cm³/mol. The van der Waals surface area contributed by atoms with Crippen LogP contribution in [0.15, 0.2) is 186 Å². The average molecular weight is 747 g/mol. The second-order valence-corrected chi connectivity index (χ2v) is 15.4. The number of aromatic nitrogens is 4. The van der Waals surface area contributed by atoms with Gasteiger partial charge < -0.3 is 8.98 Å². The molecule has 0 saturated carbocycles. The first kappa shape index (κ1) is 31.9. The van der Waals surface area contributed by atoms with Crippen LogP contribution in [0.3, 0.4) is 0 Å². The van der Waals surface area contributed by atoms with Gasteiger partial charge in [-0.1, -0.05) is 121 Å². The summed E-state index contributed by atoms with van der Waals surface area (Å²) in [5.41, 5.74) is 10.4. The van der Waals surface area contributed by atoms with Gasteiger partial charge in [0.15, 0.2) is 17.5 Å². The van der Waals surface area contributed by atoms with Crippen LogP contribution in [-0.2, 0) is 0 Å². The smallest absolute Gasteiger partial charge is 0.164 e. The molecule has 0 amide bonds. The quantitative estimate of drug-likeness (QED) is 0.176. The summed E-state index contributed by atoms with van der Waals surface area (Å²) in [5.74, 6) is 1.96. The molecule has 0 saturated heterocycles. The Morgan fingerprint density at radius 2 is 0.982 bits per heavy atom. The minimum atomic E-state index is 0.652. The zero-order chi connectivity index (χ0) is 37.5. The molecule has 0 fully saturated rings. The Labute approximate surface area is 330 Å². The summed E-state index contributed by atoms with van der Waals surface area (Å²) in [6.07, 6.45) is 0. The van der Waals surface area contributed by atoms with Crippen LogP contribution in [0, 0.1) is 0 Å². The number of furan rings is 1. The molecule has 0 N–H and O–H groups in total. The largest absolute Gasteiger partial charge is 0.456 e. The first-order valence-electron chi connectivity index (χ1n) is 19.0. The first-order chi connectivity index (χ1) is 28.2. The second-order valence-electron chi connectivity index (χ2n) is 14.4. The summed E-state index contributed by atoms with van der Waals surface area (Å²) in [6, 6.07) is 63.8. The summed E-state index contributed by atoms with van der Waals surface area (Å²) in [4.78, 5) is 14.9. The third-order valence-corrected chi connectivity index (χ3v) is 12.3. The zero-order valence-electron chi connectivity index (χ0n) is 30.4. The molecule has 0 radical (unpaired) electrons. The number of benzene rings is 8. The van der Waals surface area contributed by atoms with E-state index >= 15 is 0 Å². The van der Waals surface area contributed by atoms with Crippen molar-refractivity contribution in [1.29, 1.82) is 0 Å². The molecule has 266 valence electrons. The summed E-state index contributed by atoms with van der Waals surface area (Å²) in [5, 5.41) is 7.09. The van der Waals surface area contributed by atoms with E-state index in [0.29, 0.717) is 17.5 Å². The summed E-state index contributed by atoms with van der Waals surface area (Å²) in [6.45, 7) is 0. The monoisotopic (exact) mass is 746 g/mol. The Bertz CT molecular complexity index is 3420. The minimum Gasteiger partial charge on any atom is -0.456 e. The van der Waals surface area contributed by atoms with Gasteiger partial charge in [-0.25, -0.2) is 15.0 Å². The highest BCUT2D eigenvalue weighted by Gasteiger charge is 2.18. The van der Waals surface area contributed by atoms with Crippen molar-refractivity contribution in [3.8, 4) is 51.0 Å². The standard InChI is InChI=1S/C51H30N4OS/c1-3-12-31(13-4-1)49-52-50(32-14-5-2-6-15-32)54-51(53-49)34-23-27-47-42(29-34)40-19-11-18-36(48(40)57-47)33-22-26-45-41(28-33)39-25-24-35(30-46(39)56-45)55-43-20-9-7-16-37(43)38-17-8-10-21-44(38)55/h1-30H. The molecule has 4 heterocycles. The van der Waals surface area contributed by atoms with Crippen LogP contribution in [0.25, 0.3) is 115 Å². The summed E-state index contributed by atoms with van der Waals surface area (Å²) < 4.78 is 11.3. The highest BCUT2D eigenvalue weighted by atomic mass is 32.1. The molecule has 0 atom stereocenters. The van der Waals surface area contributed by atoms with Crippen LogP contribution in [0.1, 0.15) is 0 Å². The molecule has 0 aliphatic carbocycles. The highest BCUT2D eigenvalue weighted by Crippen LogP contribution is 2.43. The normalized spacial score (nSPS) is 11.9. The van der Waals surface area contributed by atoms with Gasteiger partial charge in [-0.15, -0.1) is 11.3 Å². The van der Waals surface area contributed by atoms with Gasteiger partial charge in [-0.05, 0) is 65.7 Å². The van der Waals surface area contributed by atoms with Gasteiger partial charge in [-0.2, -0.15) is 0 Å². The molecule has 57 heavy (non-hydrogen) atoms. The Balaban J connectivity index is 0.962. The third kappa shape index (κ3) is 5.12. The fraction of sp³-hybridized carbons (Fsp3) is 0.